The lowest BCUT2D eigenvalue weighted by Gasteiger charge is -2.40. The largest absolute Gasteiger partial charge is 0.390 e. The molecule has 0 saturated carbocycles. The molecule has 4 heteroatoms. The fourth-order valence-corrected chi connectivity index (χ4v) is 2.85. The van der Waals surface area contributed by atoms with Crippen LogP contribution in [0.5, 0.6) is 0 Å². The molecule has 1 N–H and O–H groups in total. The fraction of sp³-hybridized carbons (Fsp3) is 0.600. The first kappa shape index (κ1) is 14.8. The number of halogens is 1. The molecule has 0 radical (unpaired) electrons. The van der Waals surface area contributed by atoms with Crippen LogP contribution in [0.25, 0.3) is 0 Å². The third-order valence-corrected chi connectivity index (χ3v) is 4.12. The number of ether oxygens (including phenoxy) is 2. The summed E-state index contributed by atoms with van der Waals surface area (Å²) in [6, 6.07) is 7.63. The van der Waals surface area contributed by atoms with Crippen LogP contribution in [0.3, 0.4) is 0 Å². The maximum absolute atomic E-state index is 10.6. The highest BCUT2D eigenvalue weighted by Crippen LogP contribution is 2.31. The second kappa shape index (κ2) is 6.71. The van der Waals surface area contributed by atoms with Crippen LogP contribution in [-0.4, -0.2) is 36.6 Å². The summed E-state index contributed by atoms with van der Waals surface area (Å²) < 4.78 is 11.2. The average Bonchev–Trinajstić information content (AvgIpc) is 2.42. The molecule has 1 fully saturated rings. The zero-order chi connectivity index (χ0) is 13.7. The Labute approximate surface area is 119 Å². The molecule has 1 aromatic rings. The number of hydrogen-bond donors (Lipinski definition) is 1. The van der Waals surface area contributed by atoms with Crippen molar-refractivity contribution in [1.29, 1.82) is 0 Å². The van der Waals surface area contributed by atoms with E-state index in [9.17, 15) is 5.11 Å². The molecular weight excluding hydrogens is 264 g/mol. The van der Waals surface area contributed by atoms with E-state index in [4.69, 9.17) is 21.1 Å². The first-order chi connectivity index (χ1) is 9.18. The lowest BCUT2D eigenvalue weighted by molar-refractivity contribution is -0.165. The van der Waals surface area contributed by atoms with Gasteiger partial charge in [0, 0.05) is 44.1 Å². The normalized spacial score (nSPS) is 20.2. The summed E-state index contributed by atoms with van der Waals surface area (Å²) in [6.07, 6.45) is 1.41. The highest BCUT2D eigenvalue weighted by atomic mass is 35.5. The van der Waals surface area contributed by atoms with Crippen LogP contribution in [-0.2, 0) is 15.9 Å². The maximum atomic E-state index is 10.6. The van der Waals surface area contributed by atoms with Gasteiger partial charge in [-0.15, -0.1) is 0 Å². The highest BCUT2D eigenvalue weighted by molar-refractivity contribution is 6.31. The summed E-state index contributed by atoms with van der Waals surface area (Å²) in [5.74, 6) is 0. The molecule has 1 aromatic carbocycles. The molecule has 1 saturated heterocycles. The minimum Gasteiger partial charge on any atom is -0.390 e. The van der Waals surface area contributed by atoms with E-state index in [0.29, 0.717) is 31.3 Å². The molecule has 3 nitrogen and oxygen atoms in total. The zero-order valence-corrected chi connectivity index (χ0v) is 12.0. The predicted molar refractivity (Wildman–Crippen MR) is 75.6 cm³/mol. The topological polar surface area (TPSA) is 38.7 Å². The monoisotopic (exact) mass is 284 g/mol. The SMILES string of the molecule is CCOC1(C(O)Cc2ccccc2Cl)CCOCC1. The van der Waals surface area contributed by atoms with Crippen molar-refractivity contribution < 1.29 is 14.6 Å². The first-order valence-electron chi connectivity index (χ1n) is 6.81. The molecule has 2 rings (SSSR count). The van der Waals surface area contributed by atoms with Gasteiger partial charge in [0.25, 0.3) is 0 Å². The Balaban J connectivity index is 2.11. The molecule has 19 heavy (non-hydrogen) atoms. The predicted octanol–water partition coefficient (Wildman–Crippen LogP) is 2.83. The van der Waals surface area contributed by atoms with Gasteiger partial charge in [0.15, 0.2) is 0 Å². The van der Waals surface area contributed by atoms with Gasteiger partial charge in [0.05, 0.1) is 11.7 Å². The van der Waals surface area contributed by atoms with Crippen LogP contribution in [0.1, 0.15) is 25.3 Å². The molecule has 1 heterocycles. The minimum atomic E-state index is -0.559. The van der Waals surface area contributed by atoms with Gasteiger partial charge in [-0.25, -0.2) is 0 Å². The van der Waals surface area contributed by atoms with E-state index < -0.39 is 11.7 Å². The quantitative estimate of drug-likeness (QED) is 0.904. The Hall–Kier alpha value is -0.610. The molecule has 1 unspecified atom stereocenters. The Bertz CT molecular complexity index is 397. The highest BCUT2D eigenvalue weighted by Gasteiger charge is 2.40. The molecule has 0 spiro atoms. The van der Waals surface area contributed by atoms with E-state index in [1.165, 1.54) is 0 Å². The van der Waals surface area contributed by atoms with Gasteiger partial charge >= 0.3 is 0 Å². The van der Waals surface area contributed by atoms with E-state index in [1.807, 2.05) is 31.2 Å². The number of aliphatic hydroxyl groups is 1. The van der Waals surface area contributed by atoms with Crippen molar-refractivity contribution in [3.63, 3.8) is 0 Å². The summed E-state index contributed by atoms with van der Waals surface area (Å²) in [7, 11) is 0. The second-order valence-electron chi connectivity index (χ2n) is 4.92. The van der Waals surface area contributed by atoms with E-state index in [0.717, 1.165) is 18.4 Å². The Kier molecular flexibility index (Phi) is 5.22. The van der Waals surface area contributed by atoms with Gasteiger partial charge in [-0.05, 0) is 18.6 Å². The molecular formula is C15H21ClO3. The molecule has 0 amide bonds. The van der Waals surface area contributed by atoms with E-state index >= 15 is 0 Å². The van der Waals surface area contributed by atoms with Crippen LogP contribution in [0.15, 0.2) is 24.3 Å². The zero-order valence-electron chi connectivity index (χ0n) is 11.3. The lowest BCUT2D eigenvalue weighted by Crippen LogP contribution is -2.50. The molecule has 1 aliphatic rings. The third-order valence-electron chi connectivity index (χ3n) is 3.75. The van der Waals surface area contributed by atoms with Crippen LogP contribution in [0.2, 0.25) is 5.02 Å². The van der Waals surface area contributed by atoms with Gasteiger partial charge in [-0.3, -0.25) is 0 Å². The van der Waals surface area contributed by atoms with Gasteiger partial charge in [-0.1, -0.05) is 29.8 Å². The van der Waals surface area contributed by atoms with Crippen LogP contribution in [0.4, 0.5) is 0 Å². The van der Waals surface area contributed by atoms with Crippen molar-refractivity contribution >= 4 is 11.6 Å². The summed E-state index contributed by atoms with van der Waals surface area (Å²) in [6.45, 7) is 3.83. The number of hydrogen-bond acceptors (Lipinski definition) is 3. The Morgan fingerprint density at radius 3 is 2.68 bits per heavy atom. The maximum Gasteiger partial charge on any atom is 0.0987 e. The van der Waals surface area contributed by atoms with Crippen molar-refractivity contribution in [2.75, 3.05) is 19.8 Å². The Morgan fingerprint density at radius 1 is 1.37 bits per heavy atom. The van der Waals surface area contributed by atoms with Crippen molar-refractivity contribution in [2.45, 2.75) is 37.9 Å². The molecule has 0 aliphatic carbocycles. The third kappa shape index (κ3) is 3.48. The molecule has 106 valence electrons. The summed E-state index contributed by atoms with van der Waals surface area (Å²) in [4.78, 5) is 0. The van der Waals surface area contributed by atoms with Crippen LogP contribution >= 0.6 is 11.6 Å². The minimum absolute atomic E-state index is 0.494. The van der Waals surface area contributed by atoms with Crippen molar-refractivity contribution in [3.05, 3.63) is 34.9 Å². The number of aliphatic hydroxyl groups excluding tert-OH is 1. The van der Waals surface area contributed by atoms with Crippen molar-refractivity contribution in [1.82, 2.24) is 0 Å². The van der Waals surface area contributed by atoms with E-state index in [2.05, 4.69) is 0 Å². The van der Waals surface area contributed by atoms with Crippen molar-refractivity contribution in [2.24, 2.45) is 0 Å². The van der Waals surface area contributed by atoms with E-state index in [-0.39, 0.29) is 0 Å². The van der Waals surface area contributed by atoms with Crippen molar-refractivity contribution in [3.8, 4) is 0 Å². The van der Waals surface area contributed by atoms with Gasteiger partial charge < -0.3 is 14.6 Å². The molecule has 1 atom stereocenters. The van der Waals surface area contributed by atoms with Crippen LogP contribution < -0.4 is 0 Å². The Morgan fingerprint density at radius 2 is 2.05 bits per heavy atom. The molecule has 0 bridgehead atoms. The van der Waals surface area contributed by atoms with E-state index in [1.54, 1.807) is 0 Å². The molecule has 0 aromatic heterocycles. The fourth-order valence-electron chi connectivity index (χ4n) is 2.64. The van der Waals surface area contributed by atoms with Gasteiger partial charge in [-0.2, -0.15) is 0 Å². The number of benzene rings is 1. The number of rotatable bonds is 5. The summed E-state index contributed by atoms with van der Waals surface area (Å²) in [5.41, 5.74) is 0.467. The standard InChI is InChI=1S/C15H21ClO3/c1-2-19-15(7-9-18-10-8-15)14(17)11-12-5-3-4-6-13(12)16/h3-6,14,17H,2,7-11H2,1H3. The van der Waals surface area contributed by atoms with Crippen LogP contribution in [0, 0.1) is 0 Å². The second-order valence-corrected chi connectivity index (χ2v) is 5.33. The summed E-state index contributed by atoms with van der Waals surface area (Å²) >= 11 is 6.15. The first-order valence-corrected chi connectivity index (χ1v) is 7.19. The lowest BCUT2D eigenvalue weighted by atomic mass is 9.84. The summed E-state index contributed by atoms with van der Waals surface area (Å²) in [5, 5.41) is 11.3. The van der Waals surface area contributed by atoms with Gasteiger partial charge in [0.1, 0.15) is 0 Å². The molecule has 1 aliphatic heterocycles. The smallest absolute Gasteiger partial charge is 0.0987 e. The average molecular weight is 285 g/mol. The van der Waals surface area contributed by atoms with Gasteiger partial charge in [0.2, 0.25) is 0 Å².